The lowest BCUT2D eigenvalue weighted by atomic mass is 9.78. The van der Waals surface area contributed by atoms with Crippen LogP contribution in [0.1, 0.15) is 82.2 Å². The van der Waals surface area contributed by atoms with Gasteiger partial charge in [-0.3, -0.25) is 0 Å². The lowest BCUT2D eigenvalue weighted by molar-refractivity contribution is 0.503. The van der Waals surface area contributed by atoms with Crippen LogP contribution in [0, 0.1) is 20.8 Å². The Morgan fingerprint density at radius 2 is 0.907 bits per heavy atom. The van der Waals surface area contributed by atoms with Gasteiger partial charge in [-0.1, -0.05) is 132 Å². The molecule has 43 heavy (non-hydrogen) atoms. The minimum atomic E-state index is 0.126. The number of hydrogen-bond donors (Lipinski definition) is 0. The molecule has 0 spiro atoms. The number of aryl methyl sites for hydroxylation is 3. The van der Waals surface area contributed by atoms with E-state index in [9.17, 15) is 0 Å². The summed E-state index contributed by atoms with van der Waals surface area (Å²) in [6.07, 6.45) is 2.19. The third-order valence-corrected chi connectivity index (χ3v) is 9.39. The maximum absolute atomic E-state index is 4.99. The molecule has 0 N–H and O–H groups in total. The summed E-state index contributed by atoms with van der Waals surface area (Å²) >= 11 is 0. The minimum absolute atomic E-state index is 0.126. The fourth-order valence-electron chi connectivity index (χ4n) is 5.59. The predicted octanol–water partition coefficient (Wildman–Crippen LogP) is 10.8. The minimum Gasteiger partial charge on any atom is -0.208 e. The highest BCUT2D eigenvalue weighted by Gasteiger charge is 2.22. The fourth-order valence-corrected chi connectivity index (χ4v) is 5.59. The van der Waals surface area contributed by atoms with E-state index in [1.165, 1.54) is 38.9 Å². The van der Waals surface area contributed by atoms with E-state index >= 15 is 0 Å². The summed E-state index contributed by atoms with van der Waals surface area (Å²) in [4.78, 5) is 14.9. The highest BCUT2D eigenvalue weighted by molar-refractivity contribution is 5.73. The molecule has 0 saturated carbocycles. The van der Waals surface area contributed by atoms with Crippen LogP contribution in [0.15, 0.2) is 84.9 Å². The van der Waals surface area contributed by atoms with Crippen LogP contribution < -0.4 is 0 Å². The van der Waals surface area contributed by atoms with Crippen molar-refractivity contribution >= 4 is 0 Å². The van der Waals surface area contributed by atoms with Crippen molar-refractivity contribution < 1.29 is 0 Å². The number of aromatic nitrogens is 3. The molecule has 1 aromatic heterocycles. The molecule has 0 unspecified atom stereocenters. The predicted molar refractivity (Wildman–Crippen MR) is 182 cm³/mol. The third kappa shape index (κ3) is 6.32. The van der Waals surface area contributed by atoms with Crippen LogP contribution in [-0.2, 0) is 10.8 Å². The fraction of sp³-hybridized carbons (Fsp3) is 0.325. The van der Waals surface area contributed by atoms with Crippen LogP contribution in [0.25, 0.3) is 45.3 Å². The molecular weight excluding hydrogens is 522 g/mol. The summed E-state index contributed by atoms with van der Waals surface area (Å²) in [5.74, 6) is 2.05. The molecule has 0 atom stereocenters. The van der Waals surface area contributed by atoms with Gasteiger partial charge in [0.05, 0.1) is 0 Å². The summed E-state index contributed by atoms with van der Waals surface area (Å²) in [6, 6.07) is 30.5. The van der Waals surface area contributed by atoms with Crippen LogP contribution in [0.5, 0.6) is 0 Å². The molecule has 4 aromatic carbocycles. The molecule has 0 saturated heterocycles. The molecule has 0 aliphatic heterocycles. The highest BCUT2D eigenvalue weighted by Crippen LogP contribution is 2.35. The Kier molecular flexibility index (Phi) is 8.38. The van der Waals surface area contributed by atoms with Crippen molar-refractivity contribution in [2.75, 3.05) is 0 Å². The second-order valence-corrected chi connectivity index (χ2v) is 13.3. The van der Waals surface area contributed by atoms with Gasteiger partial charge in [0.25, 0.3) is 0 Å². The Balaban J connectivity index is 1.56. The second-order valence-electron chi connectivity index (χ2n) is 13.3. The lowest BCUT2D eigenvalue weighted by Crippen LogP contribution is -2.17. The molecule has 0 bridgehead atoms. The SMILES string of the molecule is CCC(C)(C)c1ccc(-c2nc(-c3ccc(C)cc3)nc(-c3ccc(-c4cc(C)c(C(C)(C)CC)cc4C)cc3)n2)cc1. The third-order valence-electron chi connectivity index (χ3n) is 9.39. The van der Waals surface area contributed by atoms with Crippen LogP contribution in [-0.4, -0.2) is 15.0 Å². The zero-order valence-corrected chi connectivity index (χ0v) is 27.3. The van der Waals surface area contributed by atoms with E-state index in [2.05, 4.69) is 147 Å². The molecule has 5 rings (SSSR count). The molecule has 0 fully saturated rings. The summed E-state index contributed by atoms with van der Waals surface area (Å²) in [6.45, 7) is 20.3. The largest absolute Gasteiger partial charge is 0.208 e. The maximum Gasteiger partial charge on any atom is 0.164 e. The van der Waals surface area contributed by atoms with Gasteiger partial charge in [0.2, 0.25) is 0 Å². The first-order valence-electron chi connectivity index (χ1n) is 15.6. The van der Waals surface area contributed by atoms with Crippen LogP contribution in [0.3, 0.4) is 0 Å². The van der Waals surface area contributed by atoms with Crippen molar-refractivity contribution in [2.45, 2.75) is 86.0 Å². The van der Waals surface area contributed by atoms with Crippen molar-refractivity contribution in [2.24, 2.45) is 0 Å². The molecular formula is C40H45N3. The van der Waals surface area contributed by atoms with Crippen molar-refractivity contribution in [1.82, 2.24) is 15.0 Å². The van der Waals surface area contributed by atoms with E-state index in [-0.39, 0.29) is 10.8 Å². The average Bonchev–Trinajstić information content (AvgIpc) is 3.02. The summed E-state index contributed by atoms with van der Waals surface area (Å²) in [5.41, 5.74) is 12.3. The van der Waals surface area contributed by atoms with Gasteiger partial charge in [-0.25, -0.2) is 15.0 Å². The lowest BCUT2D eigenvalue weighted by Gasteiger charge is -2.27. The van der Waals surface area contributed by atoms with Crippen molar-refractivity contribution in [3.8, 4) is 45.3 Å². The van der Waals surface area contributed by atoms with Crippen molar-refractivity contribution in [3.63, 3.8) is 0 Å². The number of rotatable bonds is 8. The zero-order chi connectivity index (χ0) is 30.9. The number of hydrogen-bond acceptors (Lipinski definition) is 3. The zero-order valence-electron chi connectivity index (χ0n) is 27.3. The first-order valence-corrected chi connectivity index (χ1v) is 15.6. The molecule has 0 aliphatic rings. The Labute approximate surface area is 258 Å². The Morgan fingerprint density at radius 3 is 1.37 bits per heavy atom. The van der Waals surface area contributed by atoms with Crippen molar-refractivity contribution in [1.29, 1.82) is 0 Å². The van der Waals surface area contributed by atoms with Gasteiger partial charge in [0.1, 0.15) is 0 Å². The monoisotopic (exact) mass is 567 g/mol. The van der Waals surface area contributed by atoms with Gasteiger partial charge in [0.15, 0.2) is 17.5 Å². The molecule has 1 heterocycles. The molecule has 3 heteroatoms. The summed E-state index contributed by atoms with van der Waals surface area (Å²) < 4.78 is 0. The van der Waals surface area contributed by atoms with Crippen LogP contribution in [0.4, 0.5) is 0 Å². The van der Waals surface area contributed by atoms with Gasteiger partial charge in [-0.2, -0.15) is 0 Å². The van der Waals surface area contributed by atoms with E-state index in [1.807, 2.05) is 0 Å². The van der Waals surface area contributed by atoms with Gasteiger partial charge in [-0.05, 0) is 77.8 Å². The van der Waals surface area contributed by atoms with E-state index < -0.39 is 0 Å². The van der Waals surface area contributed by atoms with Gasteiger partial charge >= 0.3 is 0 Å². The standard InChI is InChI=1S/C40H45N3/c1-10-39(6,7)33-22-20-32(21-23-33)38-42-36(30-14-12-26(3)13-15-30)41-37(43-38)31-18-16-29(17-19-31)34-24-28(5)35(25-27(34)4)40(8,9)11-2/h12-25H,10-11H2,1-9H3. The van der Waals surface area contributed by atoms with Crippen LogP contribution >= 0.6 is 0 Å². The second kappa shape index (κ2) is 11.9. The molecule has 220 valence electrons. The summed E-state index contributed by atoms with van der Waals surface area (Å²) in [5, 5.41) is 0. The van der Waals surface area contributed by atoms with Gasteiger partial charge < -0.3 is 0 Å². The maximum atomic E-state index is 4.99. The highest BCUT2D eigenvalue weighted by atomic mass is 15.0. The average molecular weight is 568 g/mol. The van der Waals surface area contributed by atoms with E-state index in [4.69, 9.17) is 15.0 Å². The first-order chi connectivity index (χ1) is 20.4. The molecule has 5 aromatic rings. The van der Waals surface area contributed by atoms with Crippen LogP contribution in [0.2, 0.25) is 0 Å². The van der Waals surface area contributed by atoms with Gasteiger partial charge in [0, 0.05) is 16.7 Å². The molecule has 0 radical (unpaired) electrons. The number of nitrogens with zero attached hydrogens (tertiary/aromatic N) is 3. The quantitative estimate of drug-likeness (QED) is 0.187. The smallest absolute Gasteiger partial charge is 0.164 e. The summed E-state index contributed by atoms with van der Waals surface area (Å²) in [7, 11) is 0. The first kappa shape index (κ1) is 30.4. The molecule has 0 amide bonds. The molecule has 0 aliphatic carbocycles. The van der Waals surface area contributed by atoms with E-state index in [0.29, 0.717) is 17.5 Å². The Hall–Kier alpha value is -4.11. The van der Waals surface area contributed by atoms with E-state index in [1.54, 1.807) is 0 Å². The normalized spacial score (nSPS) is 12.0. The molecule has 3 nitrogen and oxygen atoms in total. The van der Waals surface area contributed by atoms with Gasteiger partial charge in [-0.15, -0.1) is 0 Å². The number of benzene rings is 4. The topological polar surface area (TPSA) is 38.7 Å². The van der Waals surface area contributed by atoms with Crippen molar-refractivity contribution in [3.05, 3.63) is 113 Å². The Bertz CT molecular complexity index is 1730. The van der Waals surface area contributed by atoms with E-state index in [0.717, 1.165) is 29.5 Å². The Morgan fingerprint density at radius 1 is 0.488 bits per heavy atom.